The van der Waals surface area contributed by atoms with E-state index in [1.165, 1.54) is 12.0 Å². The number of ether oxygens (including phenoxy) is 1. The Labute approximate surface area is 173 Å². The Hall–Kier alpha value is -2.34. The standard InChI is InChI=1S/C23H32N4O2/c1-25-16-20(15-24-25)17-26-11-5-13-29-22-8-4-6-19(14-22)9-10-21-7-2-3-12-27(21)23(28)18-26/h4,6,8,14-16,21H,2-3,5,7,9-13,17-18H2,1H3. The highest BCUT2D eigenvalue weighted by Gasteiger charge is 2.27. The zero-order valence-corrected chi connectivity index (χ0v) is 17.4. The van der Waals surface area contributed by atoms with E-state index in [1.54, 1.807) is 0 Å². The maximum atomic E-state index is 13.2. The quantitative estimate of drug-likeness (QED) is 0.783. The molecule has 156 valence electrons. The summed E-state index contributed by atoms with van der Waals surface area (Å²) in [5.74, 6) is 1.22. The van der Waals surface area contributed by atoms with E-state index in [1.807, 2.05) is 30.2 Å². The molecule has 1 atom stereocenters. The van der Waals surface area contributed by atoms with E-state index in [4.69, 9.17) is 4.74 Å². The zero-order valence-electron chi connectivity index (χ0n) is 17.4. The van der Waals surface area contributed by atoms with Crippen molar-refractivity contribution in [2.45, 2.75) is 51.1 Å². The van der Waals surface area contributed by atoms with Crippen LogP contribution in [0.25, 0.3) is 0 Å². The fourth-order valence-electron chi connectivity index (χ4n) is 4.54. The molecule has 1 saturated heterocycles. The van der Waals surface area contributed by atoms with Crippen LogP contribution in [0.15, 0.2) is 36.7 Å². The molecule has 6 nitrogen and oxygen atoms in total. The van der Waals surface area contributed by atoms with Crippen LogP contribution >= 0.6 is 0 Å². The van der Waals surface area contributed by atoms with Crippen molar-refractivity contribution < 1.29 is 9.53 Å². The van der Waals surface area contributed by atoms with Gasteiger partial charge in [0, 0.05) is 44.5 Å². The minimum Gasteiger partial charge on any atom is -0.494 e. The van der Waals surface area contributed by atoms with Crippen LogP contribution < -0.4 is 4.74 Å². The van der Waals surface area contributed by atoms with Crippen LogP contribution in [0.1, 0.15) is 43.2 Å². The molecular formula is C23H32N4O2. The molecule has 1 fully saturated rings. The van der Waals surface area contributed by atoms with Crippen LogP contribution in [0.2, 0.25) is 0 Å². The Morgan fingerprint density at radius 2 is 2.10 bits per heavy atom. The van der Waals surface area contributed by atoms with Gasteiger partial charge in [0.2, 0.25) is 5.91 Å². The summed E-state index contributed by atoms with van der Waals surface area (Å²) in [6.07, 6.45) is 10.3. The summed E-state index contributed by atoms with van der Waals surface area (Å²) in [5, 5.41) is 4.28. The minimum absolute atomic E-state index is 0.269. The first-order valence-electron chi connectivity index (χ1n) is 10.9. The number of benzene rings is 1. The molecule has 1 aromatic heterocycles. The number of piperidine rings is 1. The van der Waals surface area contributed by atoms with E-state index < -0.39 is 0 Å². The smallest absolute Gasteiger partial charge is 0.237 e. The third kappa shape index (κ3) is 5.38. The van der Waals surface area contributed by atoms with Crippen molar-refractivity contribution in [1.29, 1.82) is 0 Å². The molecule has 1 unspecified atom stereocenters. The predicted octanol–water partition coefficient (Wildman–Crippen LogP) is 3.02. The summed E-state index contributed by atoms with van der Waals surface area (Å²) < 4.78 is 7.81. The second-order valence-corrected chi connectivity index (χ2v) is 8.36. The molecule has 29 heavy (non-hydrogen) atoms. The number of aromatic nitrogens is 2. The number of rotatable bonds is 2. The van der Waals surface area contributed by atoms with Gasteiger partial charge in [-0.2, -0.15) is 5.10 Å². The largest absolute Gasteiger partial charge is 0.494 e. The second kappa shape index (κ2) is 9.44. The predicted molar refractivity (Wildman–Crippen MR) is 113 cm³/mol. The molecule has 0 aliphatic carbocycles. The molecular weight excluding hydrogens is 364 g/mol. The molecule has 3 heterocycles. The van der Waals surface area contributed by atoms with Gasteiger partial charge in [-0.05, 0) is 56.2 Å². The Morgan fingerprint density at radius 1 is 1.17 bits per heavy atom. The van der Waals surface area contributed by atoms with Gasteiger partial charge >= 0.3 is 0 Å². The third-order valence-corrected chi connectivity index (χ3v) is 6.02. The Morgan fingerprint density at radius 3 is 2.97 bits per heavy atom. The van der Waals surface area contributed by atoms with Crippen molar-refractivity contribution >= 4 is 5.91 Å². The molecule has 6 heteroatoms. The first-order chi connectivity index (χ1) is 14.2. The van der Waals surface area contributed by atoms with Crippen LogP contribution in [-0.2, 0) is 24.8 Å². The van der Waals surface area contributed by atoms with E-state index in [-0.39, 0.29) is 5.91 Å². The molecule has 0 saturated carbocycles. The molecule has 0 spiro atoms. The highest BCUT2D eigenvalue weighted by atomic mass is 16.5. The molecule has 2 aromatic rings. The molecule has 0 radical (unpaired) electrons. The third-order valence-electron chi connectivity index (χ3n) is 6.02. The summed E-state index contributed by atoms with van der Waals surface area (Å²) in [6.45, 7) is 3.60. The lowest BCUT2D eigenvalue weighted by molar-refractivity contribution is -0.136. The summed E-state index contributed by atoms with van der Waals surface area (Å²) in [4.78, 5) is 17.6. The molecule has 0 N–H and O–H groups in total. The number of hydrogen-bond donors (Lipinski definition) is 0. The maximum Gasteiger partial charge on any atom is 0.237 e. The Balaban J connectivity index is 1.52. The van der Waals surface area contributed by atoms with Crippen LogP contribution in [-0.4, -0.2) is 57.8 Å². The summed E-state index contributed by atoms with van der Waals surface area (Å²) >= 11 is 0. The second-order valence-electron chi connectivity index (χ2n) is 8.36. The van der Waals surface area contributed by atoms with Crippen LogP contribution in [0.4, 0.5) is 0 Å². The number of carbonyl (C=O) groups is 1. The zero-order chi connectivity index (χ0) is 20.1. The lowest BCUT2D eigenvalue weighted by Gasteiger charge is -2.37. The van der Waals surface area contributed by atoms with Crippen molar-refractivity contribution in [1.82, 2.24) is 19.6 Å². The summed E-state index contributed by atoms with van der Waals surface area (Å²) in [5.41, 5.74) is 2.45. The molecule has 4 rings (SSSR count). The van der Waals surface area contributed by atoms with Gasteiger partial charge < -0.3 is 9.64 Å². The summed E-state index contributed by atoms with van der Waals surface area (Å²) in [6, 6.07) is 8.80. The number of amides is 1. The van der Waals surface area contributed by atoms with Crippen LogP contribution in [0.5, 0.6) is 5.75 Å². The maximum absolute atomic E-state index is 13.2. The van der Waals surface area contributed by atoms with Crippen molar-refractivity contribution in [3.8, 4) is 5.75 Å². The molecule has 1 amide bonds. The fourth-order valence-corrected chi connectivity index (χ4v) is 4.54. The highest BCUT2D eigenvalue weighted by molar-refractivity contribution is 5.78. The average Bonchev–Trinajstić information content (AvgIpc) is 3.14. The highest BCUT2D eigenvalue weighted by Crippen LogP contribution is 2.23. The SMILES string of the molecule is Cn1cc(CN2CCCOc3cccc(c3)CCC3CCCCN3C(=O)C2)cn1. The number of aryl methyl sites for hydroxylation is 2. The van der Waals surface area contributed by atoms with Gasteiger partial charge in [0.25, 0.3) is 0 Å². The lowest BCUT2D eigenvalue weighted by Crippen LogP contribution is -2.48. The molecule has 2 aliphatic rings. The van der Waals surface area contributed by atoms with Gasteiger partial charge in [0.1, 0.15) is 5.75 Å². The number of carbonyl (C=O) groups excluding carboxylic acids is 1. The topological polar surface area (TPSA) is 50.6 Å². The van der Waals surface area contributed by atoms with Gasteiger partial charge in [-0.25, -0.2) is 0 Å². The number of nitrogens with zero attached hydrogens (tertiary/aromatic N) is 4. The van der Waals surface area contributed by atoms with Crippen molar-refractivity contribution in [2.75, 3.05) is 26.2 Å². The van der Waals surface area contributed by atoms with Crippen molar-refractivity contribution in [3.05, 3.63) is 47.8 Å². The first-order valence-corrected chi connectivity index (χ1v) is 10.9. The van der Waals surface area contributed by atoms with Gasteiger partial charge in [0.05, 0.1) is 19.3 Å². The number of fused-ring (bicyclic) bond motifs is 3. The Kier molecular flexibility index (Phi) is 6.49. The molecule has 2 bridgehead atoms. The number of hydrogen-bond acceptors (Lipinski definition) is 4. The fraction of sp³-hybridized carbons (Fsp3) is 0.565. The van der Waals surface area contributed by atoms with Crippen molar-refractivity contribution in [2.24, 2.45) is 7.05 Å². The van der Waals surface area contributed by atoms with Crippen molar-refractivity contribution in [3.63, 3.8) is 0 Å². The molecule has 1 aromatic carbocycles. The van der Waals surface area contributed by atoms with E-state index in [0.29, 0.717) is 19.2 Å². The summed E-state index contributed by atoms with van der Waals surface area (Å²) in [7, 11) is 1.93. The van der Waals surface area contributed by atoms with E-state index in [2.05, 4.69) is 33.1 Å². The first kappa shape index (κ1) is 20.0. The van der Waals surface area contributed by atoms with E-state index in [9.17, 15) is 4.79 Å². The Bertz CT molecular complexity index is 819. The van der Waals surface area contributed by atoms with Gasteiger partial charge in [0.15, 0.2) is 0 Å². The van der Waals surface area contributed by atoms with Crippen LogP contribution in [0.3, 0.4) is 0 Å². The average molecular weight is 397 g/mol. The monoisotopic (exact) mass is 396 g/mol. The van der Waals surface area contributed by atoms with Gasteiger partial charge in [-0.15, -0.1) is 0 Å². The van der Waals surface area contributed by atoms with Crippen LogP contribution in [0, 0.1) is 0 Å². The van der Waals surface area contributed by atoms with Gasteiger partial charge in [-0.3, -0.25) is 14.4 Å². The van der Waals surface area contributed by atoms with E-state index >= 15 is 0 Å². The molecule has 2 aliphatic heterocycles. The lowest BCUT2D eigenvalue weighted by atomic mass is 9.95. The normalized spacial score (nSPS) is 21.9. The minimum atomic E-state index is 0.269. The van der Waals surface area contributed by atoms with E-state index in [0.717, 1.165) is 63.1 Å². The van der Waals surface area contributed by atoms with Gasteiger partial charge in [-0.1, -0.05) is 12.1 Å².